The quantitative estimate of drug-likeness (QED) is 0.630. The van der Waals surface area contributed by atoms with Crippen LogP contribution in [0.25, 0.3) is 0 Å². The summed E-state index contributed by atoms with van der Waals surface area (Å²) in [6, 6.07) is 11.3. The average Bonchev–Trinajstić information content (AvgIpc) is 3.31. The van der Waals surface area contributed by atoms with Crippen molar-refractivity contribution in [2.45, 2.75) is 44.6 Å². The summed E-state index contributed by atoms with van der Waals surface area (Å²) in [7, 11) is -3.65. The van der Waals surface area contributed by atoms with E-state index in [1.807, 2.05) is 0 Å². The first-order chi connectivity index (χ1) is 15.3. The van der Waals surface area contributed by atoms with E-state index < -0.39 is 22.0 Å². The van der Waals surface area contributed by atoms with Gasteiger partial charge in [0.1, 0.15) is 6.10 Å². The molecule has 1 heterocycles. The second-order valence-corrected chi connectivity index (χ2v) is 9.53. The third-order valence-corrected chi connectivity index (χ3v) is 7.46. The van der Waals surface area contributed by atoms with Crippen molar-refractivity contribution < 1.29 is 22.7 Å². The number of benzene rings is 2. The zero-order valence-corrected chi connectivity index (χ0v) is 19.4. The summed E-state index contributed by atoms with van der Waals surface area (Å²) in [5.41, 5.74) is 1.98. The van der Waals surface area contributed by atoms with Crippen LogP contribution in [0.5, 0.6) is 0 Å². The molecule has 1 aliphatic heterocycles. The Morgan fingerprint density at radius 2 is 1.84 bits per heavy atom. The Hall–Kier alpha value is -2.75. The Labute approximate surface area is 189 Å². The highest BCUT2D eigenvalue weighted by Crippen LogP contribution is 2.24. The molecule has 172 valence electrons. The Bertz CT molecular complexity index is 1090. The van der Waals surface area contributed by atoms with E-state index in [0.29, 0.717) is 43.1 Å². The van der Waals surface area contributed by atoms with Gasteiger partial charge >= 0.3 is 0 Å². The number of carbonyl (C=O) groups excluding carboxylic acids is 2. The maximum Gasteiger partial charge on any atom is 0.255 e. The first-order valence-electron chi connectivity index (χ1n) is 10.7. The number of aryl methyl sites for hydroxylation is 1. The van der Waals surface area contributed by atoms with Crippen LogP contribution < -0.4 is 10.6 Å². The molecule has 0 spiro atoms. The molecule has 1 unspecified atom stereocenters. The van der Waals surface area contributed by atoms with E-state index >= 15 is 0 Å². The molecule has 0 aliphatic carbocycles. The maximum atomic E-state index is 12.9. The van der Waals surface area contributed by atoms with Crippen LogP contribution in [0, 0.1) is 6.92 Å². The van der Waals surface area contributed by atoms with Gasteiger partial charge in [0, 0.05) is 36.6 Å². The Balaban J connectivity index is 1.78. The van der Waals surface area contributed by atoms with E-state index in [1.54, 1.807) is 57.2 Å². The number of hydrogen-bond donors (Lipinski definition) is 2. The molecule has 0 saturated carbocycles. The van der Waals surface area contributed by atoms with Crippen LogP contribution in [-0.2, 0) is 19.6 Å². The number of anilines is 2. The Morgan fingerprint density at radius 1 is 1.09 bits per heavy atom. The number of ether oxygens (including phenoxy) is 1. The van der Waals surface area contributed by atoms with Crippen molar-refractivity contribution in [2.24, 2.45) is 0 Å². The van der Waals surface area contributed by atoms with Gasteiger partial charge < -0.3 is 15.4 Å². The molecular weight excluding hydrogens is 430 g/mol. The van der Waals surface area contributed by atoms with Crippen LogP contribution in [0.4, 0.5) is 11.4 Å². The molecule has 1 aliphatic rings. The minimum absolute atomic E-state index is 0.125. The van der Waals surface area contributed by atoms with E-state index in [1.165, 1.54) is 10.4 Å². The lowest BCUT2D eigenvalue weighted by Gasteiger charge is -2.19. The third-order valence-electron chi connectivity index (χ3n) is 5.41. The van der Waals surface area contributed by atoms with Gasteiger partial charge in [0.05, 0.1) is 4.90 Å². The number of sulfonamides is 1. The van der Waals surface area contributed by atoms with Gasteiger partial charge in [-0.2, -0.15) is 4.31 Å². The summed E-state index contributed by atoms with van der Waals surface area (Å²) >= 11 is 0. The number of rotatable bonds is 8. The van der Waals surface area contributed by atoms with Crippen LogP contribution in [0.3, 0.4) is 0 Å². The molecule has 2 amide bonds. The Morgan fingerprint density at radius 3 is 2.50 bits per heavy atom. The van der Waals surface area contributed by atoms with Crippen LogP contribution >= 0.6 is 0 Å². The number of hydrogen-bond acceptors (Lipinski definition) is 5. The van der Waals surface area contributed by atoms with Crippen molar-refractivity contribution in [1.82, 2.24) is 4.31 Å². The molecule has 1 fully saturated rings. The molecule has 1 atom stereocenters. The lowest BCUT2D eigenvalue weighted by atomic mass is 10.1. The van der Waals surface area contributed by atoms with Crippen molar-refractivity contribution in [3.63, 3.8) is 0 Å². The fraction of sp³-hybridized carbons (Fsp3) is 0.391. The maximum absolute atomic E-state index is 12.9. The summed E-state index contributed by atoms with van der Waals surface area (Å²) in [4.78, 5) is 25.3. The zero-order valence-electron chi connectivity index (χ0n) is 18.6. The summed E-state index contributed by atoms with van der Waals surface area (Å²) in [5.74, 6) is -0.635. The van der Waals surface area contributed by atoms with Crippen molar-refractivity contribution in [2.75, 3.05) is 30.3 Å². The summed E-state index contributed by atoms with van der Waals surface area (Å²) in [6.07, 6.45) is 1.06. The largest absolute Gasteiger partial charge is 0.368 e. The van der Waals surface area contributed by atoms with Crippen LogP contribution in [0.2, 0.25) is 0 Å². The number of nitrogens with one attached hydrogen (secondary N) is 2. The van der Waals surface area contributed by atoms with Gasteiger partial charge in [-0.05, 0) is 55.7 Å². The van der Waals surface area contributed by atoms with Crippen LogP contribution in [0.1, 0.15) is 42.6 Å². The van der Waals surface area contributed by atoms with Gasteiger partial charge in [-0.15, -0.1) is 0 Å². The van der Waals surface area contributed by atoms with Gasteiger partial charge in [0.15, 0.2) is 0 Å². The van der Waals surface area contributed by atoms with E-state index in [0.717, 1.165) is 12.0 Å². The smallest absolute Gasteiger partial charge is 0.255 e. The monoisotopic (exact) mass is 459 g/mol. The van der Waals surface area contributed by atoms with Gasteiger partial charge in [-0.25, -0.2) is 8.42 Å². The first kappa shape index (κ1) is 23.9. The molecule has 0 radical (unpaired) electrons. The van der Waals surface area contributed by atoms with Crippen LogP contribution in [-0.4, -0.2) is 50.3 Å². The molecule has 32 heavy (non-hydrogen) atoms. The summed E-state index contributed by atoms with van der Waals surface area (Å²) < 4.78 is 32.4. The SMILES string of the molecule is CCN(CC)S(=O)(=O)c1ccc(C)c(NC(=O)c2cccc(NC(=O)C3CCCO3)c2)c1. The predicted octanol–water partition coefficient (Wildman–Crippen LogP) is 3.40. The van der Waals surface area contributed by atoms with E-state index in [9.17, 15) is 18.0 Å². The molecule has 0 aromatic heterocycles. The molecule has 9 heteroatoms. The third kappa shape index (κ3) is 5.35. The van der Waals surface area contributed by atoms with Crippen molar-refractivity contribution in [3.05, 3.63) is 53.6 Å². The Kier molecular flexibility index (Phi) is 7.65. The van der Waals surface area contributed by atoms with E-state index in [4.69, 9.17) is 4.74 Å². The second-order valence-electron chi connectivity index (χ2n) is 7.59. The van der Waals surface area contributed by atoms with E-state index in [2.05, 4.69) is 10.6 Å². The fourth-order valence-corrected chi connectivity index (χ4v) is 5.03. The van der Waals surface area contributed by atoms with Crippen molar-refractivity contribution in [1.29, 1.82) is 0 Å². The highest BCUT2D eigenvalue weighted by atomic mass is 32.2. The van der Waals surface area contributed by atoms with Crippen molar-refractivity contribution in [3.8, 4) is 0 Å². The van der Waals surface area contributed by atoms with Gasteiger partial charge in [0.2, 0.25) is 10.0 Å². The fourth-order valence-electron chi connectivity index (χ4n) is 3.55. The molecule has 0 bridgehead atoms. The molecular formula is C23H29N3O5S. The van der Waals surface area contributed by atoms with Gasteiger partial charge in [0.25, 0.3) is 11.8 Å². The molecule has 8 nitrogen and oxygen atoms in total. The highest BCUT2D eigenvalue weighted by molar-refractivity contribution is 7.89. The van der Waals surface area contributed by atoms with Crippen molar-refractivity contribution >= 4 is 33.2 Å². The molecule has 2 N–H and O–H groups in total. The predicted molar refractivity (Wildman–Crippen MR) is 123 cm³/mol. The zero-order chi connectivity index (χ0) is 23.3. The minimum Gasteiger partial charge on any atom is -0.368 e. The first-order valence-corrected chi connectivity index (χ1v) is 12.1. The standard InChI is InChI=1S/C23H29N3O5S/c1-4-26(5-2)32(29,30)19-12-11-16(3)20(15-19)25-22(27)17-8-6-9-18(14-17)24-23(28)21-10-7-13-31-21/h6,8-9,11-12,14-15,21H,4-5,7,10,13H2,1-3H3,(H,24,28)(H,25,27). The number of nitrogens with zero attached hydrogens (tertiary/aromatic N) is 1. The summed E-state index contributed by atoms with van der Waals surface area (Å²) in [5, 5.41) is 5.57. The number of carbonyl (C=O) groups is 2. The van der Waals surface area contributed by atoms with Gasteiger partial charge in [-0.1, -0.05) is 26.0 Å². The normalized spacial score (nSPS) is 16.2. The average molecular weight is 460 g/mol. The lowest BCUT2D eigenvalue weighted by molar-refractivity contribution is -0.124. The van der Waals surface area contributed by atoms with E-state index in [-0.39, 0.29) is 10.8 Å². The second kappa shape index (κ2) is 10.2. The molecule has 3 rings (SSSR count). The lowest BCUT2D eigenvalue weighted by Crippen LogP contribution is -2.30. The topological polar surface area (TPSA) is 105 Å². The molecule has 1 saturated heterocycles. The minimum atomic E-state index is -3.65. The van der Waals surface area contributed by atoms with Gasteiger partial charge in [-0.3, -0.25) is 9.59 Å². The number of amides is 2. The summed E-state index contributed by atoms with van der Waals surface area (Å²) in [6.45, 7) is 6.65. The molecule has 2 aromatic carbocycles. The highest BCUT2D eigenvalue weighted by Gasteiger charge is 2.24. The van der Waals surface area contributed by atoms with Crippen LogP contribution in [0.15, 0.2) is 47.4 Å². The molecule has 2 aromatic rings.